The van der Waals surface area contributed by atoms with Crippen LogP contribution in [0.2, 0.25) is 0 Å². The van der Waals surface area contributed by atoms with E-state index < -0.39 is 5.91 Å². The van der Waals surface area contributed by atoms with Crippen LogP contribution < -0.4 is 16.8 Å². The van der Waals surface area contributed by atoms with Crippen LogP contribution in [0.25, 0.3) is 0 Å². The topological polar surface area (TPSA) is 90.4 Å². The second-order valence-corrected chi connectivity index (χ2v) is 3.52. The molecule has 0 saturated carbocycles. The second-order valence-electron chi connectivity index (χ2n) is 3.52. The first-order valence-electron chi connectivity index (χ1n) is 5.05. The number of hydrogen-bond donors (Lipinski definition) is 3. The summed E-state index contributed by atoms with van der Waals surface area (Å²) in [7, 11) is 0. The first kappa shape index (κ1) is 12.3. The summed E-state index contributed by atoms with van der Waals surface area (Å²) in [6.45, 7) is 3.00. The molecule has 0 aliphatic heterocycles. The van der Waals surface area contributed by atoms with E-state index in [1.54, 1.807) is 0 Å². The number of anilines is 2. The van der Waals surface area contributed by atoms with Gasteiger partial charge in [-0.1, -0.05) is 0 Å². The summed E-state index contributed by atoms with van der Waals surface area (Å²) in [6.07, 6.45) is 0. The predicted octanol–water partition coefficient (Wildman–Crippen LogP) is 0.491. The number of nitrogens with two attached hydrogens (primary N) is 2. The Labute approximate surface area is 94.8 Å². The molecule has 1 aromatic carbocycles. The minimum absolute atomic E-state index is 0.0393. The number of ether oxygens (including phenoxy) is 1. The number of nitrogen functional groups attached to an aromatic ring is 1. The van der Waals surface area contributed by atoms with E-state index in [4.69, 9.17) is 16.2 Å². The minimum atomic E-state index is -0.455. The molecule has 1 amide bonds. The predicted molar refractivity (Wildman–Crippen MR) is 64.1 cm³/mol. The van der Waals surface area contributed by atoms with Gasteiger partial charge in [0.1, 0.15) is 6.61 Å². The molecule has 0 atom stereocenters. The van der Waals surface area contributed by atoms with Crippen molar-refractivity contribution in [2.24, 2.45) is 5.73 Å². The van der Waals surface area contributed by atoms with Gasteiger partial charge >= 0.3 is 0 Å². The lowest BCUT2D eigenvalue weighted by molar-refractivity contribution is -0.122. The zero-order valence-electron chi connectivity index (χ0n) is 9.32. The molecule has 0 fully saturated rings. The van der Waals surface area contributed by atoms with E-state index in [-0.39, 0.29) is 6.61 Å². The molecule has 0 aliphatic rings. The van der Waals surface area contributed by atoms with Crippen LogP contribution in [-0.2, 0) is 9.53 Å². The highest BCUT2D eigenvalue weighted by Gasteiger charge is 1.98. The largest absolute Gasteiger partial charge is 0.399 e. The van der Waals surface area contributed by atoms with Gasteiger partial charge in [-0.25, -0.2) is 0 Å². The van der Waals surface area contributed by atoms with E-state index in [0.717, 1.165) is 16.9 Å². The maximum absolute atomic E-state index is 10.4. The van der Waals surface area contributed by atoms with Crippen LogP contribution in [-0.4, -0.2) is 25.7 Å². The number of carbonyl (C=O) groups excluding carboxylic acids is 1. The summed E-state index contributed by atoms with van der Waals surface area (Å²) >= 11 is 0. The standard InChI is InChI=1S/C11H17N3O2/c1-8-6-9(12)2-3-10(8)14-4-5-16-7-11(13)15/h2-3,6,14H,4-5,7,12H2,1H3,(H2,13,15). The Morgan fingerprint density at radius 3 is 2.88 bits per heavy atom. The van der Waals surface area contributed by atoms with Crippen molar-refractivity contribution < 1.29 is 9.53 Å². The van der Waals surface area contributed by atoms with Gasteiger partial charge in [-0.3, -0.25) is 4.79 Å². The van der Waals surface area contributed by atoms with Crippen molar-refractivity contribution >= 4 is 17.3 Å². The number of rotatable bonds is 6. The maximum Gasteiger partial charge on any atom is 0.243 e. The summed E-state index contributed by atoms with van der Waals surface area (Å²) in [5.74, 6) is -0.455. The third-order valence-electron chi connectivity index (χ3n) is 2.06. The Kier molecular flexibility index (Phi) is 4.60. The van der Waals surface area contributed by atoms with E-state index in [0.29, 0.717) is 13.2 Å². The fourth-order valence-corrected chi connectivity index (χ4v) is 1.32. The molecule has 0 aliphatic carbocycles. The zero-order valence-corrected chi connectivity index (χ0v) is 9.32. The molecule has 16 heavy (non-hydrogen) atoms. The van der Waals surface area contributed by atoms with Crippen molar-refractivity contribution in [2.75, 3.05) is 30.8 Å². The summed E-state index contributed by atoms with van der Waals surface area (Å²) in [4.78, 5) is 10.4. The van der Waals surface area contributed by atoms with Crippen molar-refractivity contribution in [1.82, 2.24) is 0 Å². The highest BCUT2D eigenvalue weighted by Crippen LogP contribution is 2.16. The summed E-state index contributed by atoms with van der Waals surface area (Å²) < 4.78 is 5.02. The molecule has 0 aromatic heterocycles. The summed E-state index contributed by atoms with van der Waals surface area (Å²) in [5, 5.41) is 3.18. The van der Waals surface area contributed by atoms with Crippen molar-refractivity contribution in [3.8, 4) is 0 Å². The number of nitrogens with one attached hydrogen (secondary N) is 1. The monoisotopic (exact) mass is 223 g/mol. The van der Waals surface area contributed by atoms with Crippen molar-refractivity contribution in [3.05, 3.63) is 23.8 Å². The fraction of sp³-hybridized carbons (Fsp3) is 0.364. The van der Waals surface area contributed by atoms with Crippen LogP contribution in [0, 0.1) is 6.92 Å². The molecule has 5 heteroatoms. The van der Waals surface area contributed by atoms with Gasteiger partial charge < -0.3 is 21.5 Å². The summed E-state index contributed by atoms with van der Waals surface area (Å²) in [5.41, 5.74) is 13.4. The molecule has 0 heterocycles. The summed E-state index contributed by atoms with van der Waals surface area (Å²) in [6, 6.07) is 5.64. The third-order valence-corrected chi connectivity index (χ3v) is 2.06. The van der Waals surface area contributed by atoms with Crippen molar-refractivity contribution in [2.45, 2.75) is 6.92 Å². The van der Waals surface area contributed by atoms with Gasteiger partial charge in [-0.05, 0) is 30.7 Å². The maximum atomic E-state index is 10.4. The van der Waals surface area contributed by atoms with Gasteiger partial charge in [-0.2, -0.15) is 0 Å². The van der Waals surface area contributed by atoms with Crippen molar-refractivity contribution in [3.63, 3.8) is 0 Å². The number of benzene rings is 1. The van der Waals surface area contributed by atoms with Gasteiger partial charge in [0, 0.05) is 17.9 Å². The van der Waals surface area contributed by atoms with E-state index in [9.17, 15) is 4.79 Å². The lowest BCUT2D eigenvalue weighted by Gasteiger charge is -2.09. The molecule has 88 valence electrons. The van der Waals surface area contributed by atoms with E-state index >= 15 is 0 Å². The van der Waals surface area contributed by atoms with Crippen LogP contribution in [0.3, 0.4) is 0 Å². The fourth-order valence-electron chi connectivity index (χ4n) is 1.32. The van der Waals surface area contributed by atoms with Gasteiger partial charge in [0.15, 0.2) is 0 Å². The molecule has 1 aromatic rings. The van der Waals surface area contributed by atoms with Gasteiger partial charge in [0.05, 0.1) is 6.61 Å². The van der Waals surface area contributed by atoms with Gasteiger partial charge in [-0.15, -0.1) is 0 Å². The smallest absolute Gasteiger partial charge is 0.243 e. The second kappa shape index (κ2) is 5.97. The number of hydrogen-bond acceptors (Lipinski definition) is 4. The zero-order chi connectivity index (χ0) is 12.0. The first-order chi connectivity index (χ1) is 7.59. The van der Waals surface area contributed by atoms with E-state index in [1.165, 1.54) is 0 Å². The Bertz CT molecular complexity index is 366. The van der Waals surface area contributed by atoms with E-state index in [2.05, 4.69) is 5.32 Å². The van der Waals surface area contributed by atoms with Crippen LogP contribution >= 0.6 is 0 Å². The molecule has 0 bridgehead atoms. The minimum Gasteiger partial charge on any atom is -0.399 e. The molecular formula is C11H17N3O2. The highest BCUT2D eigenvalue weighted by atomic mass is 16.5. The SMILES string of the molecule is Cc1cc(N)ccc1NCCOCC(N)=O. The number of carbonyl (C=O) groups is 1. The molecular weight excluding hydrogens is 206 g/mol. The molecule has 0 unspecified atom stereocenters. The normalized spacial score (nSPS) is 10.1. The average molecular weight is 223 g/mol. The van der Waals surface area contributed by atoms with Crippen LogP contribution in [0.1, 0.15) is 5.56 Å². The number of amides is 1. The Balaban J connectivity index is 2.29. The lowest BCUT2D eigenvalue weighted by atomic mass is 10.2. The molecule has 1 rings (SSSR count). The van der Waals surface area contributed by atoms with Crippen molar-refractivity contribution in [1.29, 1.82) is 0 Å². The molecule has 5 nitrogen and oxygen atoms in total. The molecule has 5 N–H and O–H groups in total. The Morgan fingerprint density at radius 1 is 1.50 bits per heavy atom. The van der Waals surface area contributed by atoms with Gasteiger partial charge in [0.25, 0.3) is 0 Å². The Hall–Kier alpha value is -1.75. The highest BCUT2D eigenvalue weighted by molar-refractivity contribution is 5.74. The quantitative estimate of drug-likeness (QED) is 0.483. The molecule has 0 saturated heterocycles. The number of aryl methyl sites for hydroxylation is 1. The van der Waals surface area contributed by atoms with E-state index in [1.807, 2.05) is 25.1 Å². The third kappa shape index (κ3) is 4.18. The first-order valence-corrected chi connectivity index (χ1v) is 5.05. The molecule has 0 spiro atoms. The Morgan fingerprint density at radius 2 is 2.25 bits per heavy atom. The molecule has 0 radical (unpaired) electrons. The van der Waals surface area contributed by atoms with Crippen LogP contribution in [0.4, 0.5) is 11.4 Å². The van der Waals surface area contributed by atoms with Crippen LogP contribution in [0.15, 0.2) is 18.2 Å². The lowest BCUT2D eigenvalue weighted by Crippen LogP contribution is -2.20. The van der Waals surface area contributed by atoms with Gasteiger partial charge in [0.2, 0.25) is 5.91 Å². The number of primary amides is 1. The van der Waals surface area contributed by atoms with Crippen LogP contribution in [0.5, 0.6) is 0 Å². The average Bonchev–Trinajstić information content (AvgIpc) is 2.20.